The smallest absolute Gasteiger partial charge is 0.228 e. The third kappa shape index (κ3) is 2.72. The van der Waals surface area contributed by atoms with Crippen LogP contribution in [0.5, 0.6) is 0 Å². The van der Waals surface area contributed by atoms with E-state index in [-0.39, 0.29) is 11.8 Å². The second-order valence-electron chi connectivity index (χ2n) is 5.18. The number of pyridine rings is 2. The van der Waals surface area contributed by atoms with E-state index in [2.05, 4.69) is 27.2 Å². The summed E-state index contributed by atoms with van der Waals surface area (Å²) in [6, 6.07) is 1.88. The second kappa shape index (κ2) is 5.52. The molecule has 2 aromatic heterocycles. The molecule has 0 spiro atoms. The molecule has 5 nitrogen and oxygen atoms in total. The lowest BCUT2D eigenvalue weighted by Crippen LogP contribution is -2.14. The monoisotopic (exact) mass is 282 g/mol. The van der Waals surface area contributed by atoms with Gasteiger partial charge in [-0.05, 0) is 31.2 Å². The Kier molecular flexibility index (Phi) is 3.56. The number of nitrogens with zero attached hydrogens (tertiary/aromatic N) is 2. The molecule has 1 amide bonds. The van der Waals surface area contributed by atoms with Crippen LogP contribution in [-0.4, -0.2) is 22.4 Å². The largest absolute Gasteiger partial charge is 0.370 e. The topological polar surface area (TPSA) is 66.9 Å². The van der Waals surface area contributed by atoms with Crippen molar-refractivity contribution in [2.75, 3.05) is 17.2 Å². The van der Waals surface area contributed by atoms with E-state index in [0.717, 1.165) is 41.5 Å². The van der Waals surface area contributed by atoms with Gasteiger partial charge in [0, 0.05) is 35.8 Å². The van der Waals surface area contributed by atoms with E-state index in [4.69, 9.17) is 0 Å². The van der Waals surface area contributed by atoms with Crippen molar-refractivity contribution in [2.45, 2.75) is 19.8 Å². The van der Waals surface area contributed by atoms with Gasteiger partial charge in [0.15, 0.2) is 0 Å². The maximum atomic E-state index is 11.8. The molecule has 0 aliphatic heterocycles. The van der Waals surface area contributed by atoms with Gasteiger partial charge in [-0.25, -0.2) is 9.97 Å². The van der Waals surface area contributed by atoms with E-state index >= 15 is 0 Å². The number of aromatic nitrogens is 2. The van der Waals surface area contributed by atoms with Crippen LogP contribution >= 0.6 is 0 Å². The first-order valence-electron chi connectivity index (χ1n) is 7.19. The SMILES string of the molecule is C=Cc1cnc(NCC)c2cnc(NC(=O)C3CC3)cc12. The average Bonchev–Trinajstić information content (AvgIpc) is 3.32. The zero-order chi connectivity index (χ0) is 14.8. The van der Waals surface area contributed by atoms with Crippen molar-refractivity contribution in [3.63, 3.8) is 0 Å². The molecule has 1 fully saturated rings. The van der Waals surface area contributed by atoms with Crippen LogP contribution in [0, 0.1) is 5.92 Å². The highest BCUT2D eigenvalue weighted by Crippen LogP contribution is 2.31. The summed E-state index contributed by atoms with van der Waals surface area (Å²) in [4.78, 5) is 20.6. The van der Waals surface area contributed by atoms with Crippen LogP contribution in [-0.2, 0) is 4.79 Å². The van der Waals surface area contributed by atoms with Crippen molar-refractivity contribution in [2.24, 2.45) is 5.92 Å². The zero-order valence-electron chi connectivity index (χ0n) is 12.0. The average molecular weight is 282 g/mol. The molecule has 5 heteroatoms. The van der Waals surface area contributed by atoms with Gasteiger partial charge in [-0.3, -0.25) is 4.79 Å². The molecule has 1 aliphatic carbocycles. The lowest BCUT2D eigenvalue weighted by Gasteiger charge is -2.11. The number of rotatable bonds is 5. The van der Waals surface area contributed by atoms with Gasteiger partial charge in [0.05, 0.1) is 0 Å². The minimum Gasteiger partial charge on any atom is -0.370 e. The zero-order valence-corrected chi connectivity index (χ0v) is 12.0. The first-order chi connectivity index (χ1) is 10.2. The summed E-state index contributed by atoms with van der Waals surface area (Å²) >= 11 is 0. The van der Waals surface area contributed by atoms with E-state index in [9.17, 15) is 4.79 Å². The summed E-state index contributed by atoms with van der Waals surface area (Å²) in [5.74, 6) is 1.60. The number of fused-ring (bicyclic) bond motifs is 1. The van der Waals surface area contributed by atoms with Gasteiger partial charge in [-0.2, -0.15) is 0 Å². The Balaban J connectivity index is 2.01. The number of hydrogen-bond donors (Lipinski definition) is 2. The fourth-order valence-corrected chi connectivity index (χ4v) is 2.27. The molecular weight excluding hydrogens is 264 g/mol. The van der Waals surface area contributed by atoms with E-state index in [1.807, 2.05) is 13.0 Å². The van der Waals surface area contributed by atoms with Crippen LogP contribution in [0.3, 0.4) is 0 Å². The molecular formula is C16H18N4O. The molecule has 3 rings (SSSR count). The fourth-order valence-electron chi connectivity index (χ4n) is 2.27. The summed E-state index contributed by atoms with van der Waals surface area (Å²) in [7, 11) is 0. The fraction of sp³-hybridized carbons (Fsp3) is 0.312. The Morgan fingerprint density at radius 1 is 1.38 bits per heavy atom. The molecule has 21 heavy (non-hydrogen) atoms. The summed E-state index contributed by atoms with van der Waals surface area (Å²) in [6.45, 7) is 6.63. The highest BCUT2D eigenvalue weighted by molar-refractivity contribution is 6.00. The summed E-state index contributed by atoms with van der Waals surface area (Å²) in [5.41, 5.74) is 0.927. The van der Waals surface area contributed by atoms with Gasteiger partial charge in [0.2, 0.25) is 5.91 Å². The second-order valence-corrected chi connectivity index (χ2v) is 5.18. The quantitative estimate of drug-likeness (QED) is 0.884. The first kappa shape index (κ1) is 13.5. The molecule has 2 aromatic rings. The predicted octanol–water partition coefficient (Wildman–Crippen LogP) is 3.05. The minimum absolute atomic E-state index is 0.0583. The molecule has 0 bridgehead atoms. The van der Waals surface area contributed by atoms with Crippen LogP contribution in [0.15, 0.2) is 25.0 Å². The molecule has 1 saturated carbocycles. The molecule has 0 radical (unpaired) electrons. The van der Waals surface area contributed by atoms with E-state index in [1.165, 1.54) is 0 Å². The molecule has 1 aliphatic rings. The third-order valence-electron chi connectivity index (χ3n) is 3.57. The Morgan fingerprint density at radius 3 is 2.86 bits per heavy atom. The Bertz CT molecular complexity index is 707. The van der Waals surface area contributed by atoms with Gasteiger partial charge < -0.3 is 10.6 Å². The third-order valence-corrected chi connectivity index (χ3v) is 3.57. The van der Waals surface area contributed by atoms with Crippen LogP contribution in [0.25, 0.3) is 16.8 Å². The number of carbonyl (C=O) groups is 1. The summed E-state index contributed by atoms with van der Waals surface area (Å²) in [5, 5.41) is 8.00. The Labute approximate surface area is 123 Å². The molecule has 108 valence electrons. The highest BCUT2D eigenvalue weighted by Gasteiger charge is 2.29. The van der Waals surface area contributed by atoms with Crippen molar-refractivity contribution >= 4 is 34.4 Å². The molecule has 2 heterocycles. The highest BCUT2D eigenvalue weighted by atomic mass is 16.2. The van der Waals surface area contributed by atoms with Crippen molar-refractivity contribution in [1.29, 1.82) is 0 Å². The minimum atomic E-state index is 0.0583. The number of carbonyl (C=O) groups excluding carboxylic acids is 1. The molecule has 0 atom stereocenters. The van der Waals surface area contributed by atoms with Crippen molar-refractivity contribution in [3.8, 4) is 0 Å². The number of nitrogens with one attached hydrogen (secondary N) is 2. The van der Waals surface area contributed by atoms with Crippen molar-refractivity contribution in [3.05, 3.63) is 30.6 Å². The lowest BCUT2D eigenvalue weighted by molar-refractivity contribution is -0.117. The van der Waals surface area contributed by atoms with Gasteiger partial charge >= 0.3 is 0 Å². The van der Waals surface area contributed by atoms with Crippen LogP contribution in [0.2, 0.25) is 0 Å². The van der Waals surface area contributed by atoms with Crippen LogP contribution in [0.4, 0.5) is 11.6 Å². The molecule has 0 aromatic carbocycles. The Morgan fingerprint density at radius 2 is 2.19 bits per heavy atom. The van der Waals surface area contributed by atoms with Gasteiger partial charge in [-0.15, -0.1) is 0 Å². The van der Waals surface area contributed by atoms with E-state index in [0.29, 0.717) is 5.82 Å². The lowest BCUT2D eigenvalue weighted by atomic mass is 10.1. The van der Waals surface area contributed by atoms with Crippen LogP contribution < -0.4 is 10.6 Å². The predicted molar refractivity (Wildman–Crippen MR) is 85.1 cm³/mol. The molecule has 2 N–H and O–H groups in total. The maximum absolute atomic E-state index is 11.8. The van der Waals surface area contributed by atoms with E-state index in [1.54, 1.807) is 18.5 Å². The number of anilines is 2. The standard InChI is InChI=1S/C16H18N4O/c1-3-10-8-19-15(17-4-2)13-9-18-14(7-12(10)13)20-16(21)11-5-6-11/h3,7-9,11H,1,4-6H2,2H3,(H,17,19)(H,18,20,21). The van der Waals surface area contributed by atoms with E-state index < -0.39 is 0 Å². The van der Waals surface area contributed by atoms with Gasteiger partial charge in [0.1, 0.15) is 11.6 Å². The maximum Gasteiger partial charge on any atom is 0.228 e. The molecule has 0 unspecified atom stereocenters. The van der Waals surface area contributed by atoms with Crippen molar-refractivity contribution in [1.82, 2.24) is 9.97 Å². The van der Waals surface area contributed by atoms with Crippen LogP contribution in [0.1, 0.15) is 25.3 Å². The number of amides is 1. The normalized spacial score (nSPS) is 14.0. The first-order valence-corrected chi connectivity index (χ1v) is 7.19. The summed E-state index contributed by atoms with van der Waals surface area (Å²) < 4.78 is 0. The van der Waals surface area contributed by atoms with Gasteiger partial charge in [0.25, 0.3) is 0 Å². The van der Waals surface area contributed by atoms with Crippen molar-refractivity contribution < 1.29 is 4.79 Å². The number of hydrogen-bond acceptors (Lipinski definition) is 4. The summed E-state index contributed by atoms with van der Waals surface area (Å²) in [6.07, 6.45) is 7.24. The Hall–Kier alpha value is -2.43. The molecule has 0 saturated heterocycles. The van der Waals surface area contributed by atoms with Gasteiger partial charge in [-0.1, -0.05) is 12.7 Å².